The van der Waals surface area contributed by atoms with Crippen molar-refractivity contribution in [1.29, 1.82) is 0 Å². The summed E-state index contributed by atoms with van der Waals surface area (Å²) in [7, 11) is -2.83. The van der Waals surface area contributed by atoms with Crippen molar-refractivity contribution in [2.24, 2.45) is 0 Å². The van der Waals surface area contributed by atoms with Gasteiger partial charge < -0.3 is 14.4 Å². The number of hydrogen-bond acceptors (Lipinski definition) is 3. The van der Waals surface area contributed by atoms with Gasteiger partial charge in [-0.3, -0.25) is 0 Å². The zero-order valence-electron chi connectivity index (χ0n) is 42.4. The maximum Gasteiger partial charge on any atom is 0.0684 e. The number of carbonyl (C=O) groups is 3. The SMILES string of the molecule is ClC(Cl)(Cl)[PH](c1ccccc1)(c1ccccc1)c1ccccc1.O=C([C-]=Cc1ccccc1)C=Cc1ccccc1.O=C([C-]=Cc1ccccc1)C=Cc1ccccc1.O=C([C-]=Cc1ccccc1)C=Cc1ccccc1.[Pd]. The molecule has 9 aromatic carbocycles. The summed E-state index contributed by atoms with van der Waals surface area (Å²) in [6.07, 6.45) is 23.2. The summed E-state index contributed by atoms with van der Waals surface area (Å²) in [4.78, 5) is 34.7. The molecule has 3 nitrogen and oxygen atoms in total. The van der Waals surface area contributed by atoms with E-state index in [2.05, 4.69) is 54.6 Å². The molecule has 0 saturated heterocycles. The molecule has 392 valence electrons. The summed E-state index contributed by atoms with van der Waals surface area (Å²) in [6.45, 7) is 0. The molecule has 0 amide bonds. The van der Waals surface area contributed by atoms with Gasteiger partial charge in [0.1, 0.15) is 0 Å². The van der Waals surface area contributed by atoms with Crippen LogP contribution in [-0.2, 0) is 34.8 Å². The Bertz CT molecular complexity index is 2830. The summed E-state index contributed by atoms with van der Waals surface area (Å²) in [5, 5.41) is 3.24. The van der Waals surface area contributed by atoms with Crippen LogP contribution in [-0.4, -0.2) is 20.9 Å². The minimum Gasteiger partial charge on any atom is -0.319 e. The number of hydrogen-bond donors (Lipinski definition) is 0. The van der Waals surface area contributed by atoms with Gasteiger partial charge in [0, 0.05) is 20.4 Å². The van der Waals surface area contributed by atoms with Gasteiger partial charge in [0.2, 0.25) is 0 Å². The van der Waals surface area contributed by atoms with Crippen molar-refractivity contribution in [3.8, 4) is 0 Å². The number of carbonyl (C=O) groups excluding carboxylic acids is 3. The molecule has 0 aliphatic rings. The summed E-state index contributed by atoms with van der Waals surface area (Å²) >= 11 is 20.0. The molecule has 0 bridgehead atoms. The minimum absolute atomic E-state index is 0. The first-order valence-electron chi connectivity index (χ1n) is 24.6. The second-order valence-electron chi connectivity index (χ2n) is 16.8. The van der Waals surface area contributed by atoms with Crippen molar-refractivity contribution in [3.63, 3.8) is 0 Å². The fraction of sp³-hybridized carbons (Fsp3) is 0.0143. The van der Waals surface area contributed by atoms with E-state index in [0.717, 1.165) is 49.3 Å². The van der Waals surface area contributed by atoms with Gasteiger partial charge in [-0.25, -0.2) is 0 Å². The Labute approximate surface area is 489 Å². The van der Waals surface area contributed by atoms with Crippen molar-refractivity contribution in [2.45, 2.75) is 3.53 Å². The Kier molecular flexibility index (Phi) is 26.9. The van der Waals surface area contributed by atoms with Crippen LogP contribution in [0, 0.1) is 18.2 Å². The first kappa shape index (κ1) is 61.2. The molecular formula is C70H55Cl3O3PPd-3. The topological polar surface area (TPSA) is 51.2 Å². The fourth-order valence-corrected chi connectivity index (χ4v) is 14.5. The second-order valence-corrected chi connectivity index (χ2v) is 24.0. The molecule has 78 heavy (non-hydrogen) atoms. The number of alkyl halides is 3. The van der Waals surface area contributed by atoms with Gasteiger partial charge in [0.05, 0.1) is 17.3 Å². The molecule has 9 aromatic rings. The van der Waals surface area contributed by atoms with Crippen molar-refractivity contribution < 1.29 is 34.8 Å². The van der Waals surface area contributed by atoms with E-state index in [1.165, 1.54) is 18.2 Å². The van der Waals surface area contributed by atoms with E-state index in [1.54, 1.807) is 36.5 Å². The van der Waals surface area contributed by atoms with Crippen LogP contribution in [0.15, 0.2) is 291 Å². The smallest absolute Gasteiger partial charge is 0.0684 e. The molecule has 8 heteroatoms. The maximum atomic E-state index is 11.6. The molecule has 0 spiro atoms. The zero-order valence-corrected chi connectivity index (χ0v) is 47.2. The van der Waals surface area contributed by atoms with E-state index < -0.39 is 10.8 Å². The molecular weight excluding hydrogens is 1130 g/mol. The number of benzene rings is 9. The molecule has 0 radical (unpaired) electrons. The van der Waals surface area contributed by atoms with Crippen molar-refractivity contribution in [3.05, 3.63) is 343 Å². The standard InChI is InChI=1S/C19H16Cl3P.3C17H13O.Pd/c20-19(21,22)23(16-10-4-1-5-11-16,17-12-6-2-7-13-17)18-14-8-3-9-15-18;3*18-17(13-11-15-7-3-1-4-8-15)14-12-16-9-5-2-6-10-16;/h1-15,23H;3*1-13H;/q;3*-1;. The van der Waals surface area contributed by atoms with Gasteiger partial charge in [-0.05, 0) is 16.7 Å². The summed E-state index contributed by atoms with van der Waals surface area (Å²) in [5.74, 6) is -0.409. The van der Waals surface area contributed by atoms with Crippen molar-refractivity contribution >= 4 is 112 Å². The molecule has 0 heterocycles. The Hall–Kier alpha value is -7.61. The third kappa shape index (κ3) is 21.1. The van der Waals surface area contributed by atoms with Crippen molar-refractivity contribution in [1.82, 2.24) is 0 Å². The molecule has 0 aliphatic carbocycles. The van der Waals surface area contributed by atoms with Gasteiger partial charge in [-0.15, -0.1) is 108 Å². The predicted octanol–water partition coefficient (Wildman–Crippen LogP) is 16.4. The summed E-state index contributed by atoms with van der Waals surface area (Å²) in [6, 6.07) is 88.5. The van der Waals surface area contributed by atoms with E-state index in [4.69, 9.17) is 34.8 Å². The van der Waals surface area contributed by atoms with Crippen LogP contribution >= 0.6 is 42.1 Å². The van der Waals surface area contributed by atoms with Crippen LogP contribution in [0.3, 0.4) is 0 Å². The van der Waals surface area contributed by atoms with E-state index >= 15 is 0 Å². The van der Waals surface area contributed by atoms with E-state index in [9.17, 15) is 14.4 Å². The van der Waals surface area contributed by atoms with Crippen LogP contribution in [0.4, 0.5) is 0 Å². The Balaban J connectivity index is 0.000000192. The van der Waals surface area contributed by atoms with Crippen molar-refractivity contribution in [2.75, 3.05) is 0 Å². The average Bonchev–Trinajstić information content (AvgIpc) is 3.62. The molecule has 0 aliphatic heterocycles. The molecule has 0 unspecified atom stereocenters. The van der Waals surface area contributed by atoms with E-state index in [0.29, 0.717) is 0 Å². The van der Waals surface area contributed by atoms with Gasteiger partial charge in [-0.2, -0.15) is 18.2 Å². The number of rotatable bonds is 15. The van der Waals surface area contributed by atoms with E-state index in [1.807, 2.05) is 237 Å². The van der Waals surface area contributed by atoms with Gasteiger partial charge in [0.15, 0.2) is 0 Å². The van der Waals surface area contributed by atoms with Crippen LogP contribution in [0.2, 0.25) is 0 Å². The fourth-order valence-electron chi connectivity index (χ4n) is 7.52. The summed E-state index contributed by atoms with van der Waals surface area (Å²) < 4.78 is -1.42. The first-order chi connectivity index (χ1) is 37.6. The van der Waals surface area contributed by atoms with Gasteiger partial charge in [-0.1, -0.05) is 146 Å². The van der Waals surface area contributed by atoms with Crippen LogP contribution in [0.1, 0.15) is 33.4 Å². The van der Waals surface area contributed by atoms with Crippen LogP contribution in [0.5, 0.6) is 0 Å². The third-order valence-corrected chi connectivity index (χ3v) is 18.3. The molecule has 0 aromatic heterocycles. The normalized spacial score (nSPS) is 11.5. The number of ketones is 3. The van der Waals surface area contributed by atoms with Gasteiger partial charge in [0.25, 0.3) is 0 Å². The van der Waals surface area contributed by atoms with E-state index in [-0.39, 0.29) is 37.8 Å². The Morgan fingerprint density at radius 3 is 0.667 bits per heavy atom. The van der Waals surface area contributed by atoms with Gasteiger partial charge >= 0.3 is 153 Å². The monoisotopic (exact) mass is 1190 g/mol. The number of allylic oxidation sites excluding steroid dienone is 6. The molecule has 0 N–H and O–H groups in total. The predicted molar refractivity (Wildman–Crippen MR) is 331 cm³/mol. The minimum atomic E-state index is -2.83. The molecule has 0 saturated carbocycles. The third-order valence-electron chi connectivity index (χ3n) is 11.3. The van der Waals surface area contributed by atoms with Crippen LogP contribution < -0.4 is 15.9 Å². The quantitative estimate of drug-likeness (QED) is 0.0338. The Morgan fingerprint density at radius 1 is 0.295 bits per heavy atom. The zero-order chi connectivity index (χ0) is 54.2. The average molecular weight is 1190 g/mol. The molecule has 0 fully saturated rings. The second kappa shape index (κ2) is 34.2. The first-order valence-corrected chi connectivity index (χ1v) is 27.7. The van der Waals surface area contributed by atoms with Crippen LogP contribution in [0.25, 0.3) is 36.5 Å². The number of halogens is 3. The molecule has 9 rings (SSSR count). The maximum absolute atomic E-state index is 11.6. The summed E-state index contributed by atoms with van der Waals surface area (Å²) in [5.41, 5.74) is 5.93. The Morgan fingerprint density at radius 2 is 0.474 bits per heavy atom. The largest absolute Gasteiger partial charge is 0.319 e. The molecule has 0 atom stereocenters.